The lowest BCUT2D eigenvalue weighted by atomic mass is 10.0. The molecule has 6 heteroatoms. The first kappa shape index (κ1) is 19.7. The van der Waals surface area contributed by atoms with E-state index in [9.17, 15) is 9.59 Å². The number of hydrogen-bond acceptors (Lipinski definition) is 4. The van der Waals surface area contributed by atoms with Crippen LogP contribution in [-0.4, -0.2) is 49.6 Å². The minimum absolute atomic E-state index is 0.0272. The Morgan fingerprint density at radius 3 is 2.36 bits per heavy atom. The molecule has 6 nitrogen and oxygen atoms in total. The lowest BCUT2D eigenvalue weighted by Gasteiger charge is -2.32. The summed E-state index contributed by atoms with van der Waals surface area (Å²) in [6, 6.07) is 14.9. The van der Waals surface area contributed by atoms with E-state index in [-0.39, 0.29) is 24.5 Å². The molecule has 3 rings (SSSR count). The molecule has 0 bridgehead atoms. The standard InChI is InChI=1S/C22H26N2O4/c1-16-7-3-4-8-18(16)22(26)23-17-11-13-24(14-12-17)21(25)15-28-20-10-6-5-9-19(20)27-2/h3-10,17H,11-15H2,1-2H3,(H,23,26). The van der Waals surface area contributed by atoms with E-state index in [0.29, 0.717) is 30.2 Å². The molecule has 1 fully saturated rings. The normalized spacial score (nSPS) is 14.4. The fraction of sp³-hybridized carbons (Fsp3) is 0.364. The zero-order valence-electron chi connectivity index (χ0n) is 16.3. The molecule has 2 aromatic rings. The molecule has 0 saturated carbocycles. The summed E-state index contributed by atoms with van der Waals surface area (Å²) in [5.74, 6) is 1.05. The number of para-hydroxylation sites is 2. The molecule has 1 N–H and O–H groups in total. The number of carbonyl (C=O) groups excluding carboxylic acids is 2. The first-order valence-electron chi connectivity index (χ1n) is 9.48. The summed E-state index contributed by atoms with van der Waals surface area (Å²) in [7, 11) is 1.57. The summed E-state index contributed by atoms with van der Waals surface area (Å²) < 4.78 is 10.8. The molecule has 0 spiro atoms. The van der Waals surface area contributed by atoms with Gasteiger partial charge in [-0.15, -0.1) is 0 Å². The van der Waals surface area contributed by atoms with Gasteiger partial charge in [0.25, 0.3) is 11.8 Å². The quantitative estimate of drug-likeness (QED) is 0.834. The monoisotopic (exact) mass is 382 g/mol. The number of rotatable bonds is 6. The molecule has 0 atom stereocenters. The number of carbonyl (C=O) groups is 2. The van der Waals surface area contributed by atoms with Gasteiger partial charge in [0, 0.05) is 24.7 Å². The third kappa shape index (κ3) is 4.82. The van der Waals surface area contributed by atoms with E-state index in [4.69, 9.17) is 9.47 Å². The van der Waals surface area contributed by atoms with Crippen LogP contribution < -0.4 is 14.8 Å². The van der Waals surface area contributed by atoms with Gasteiger partial charge in [-0.3, -0.25) is 9.59 Å². The van der Waals surface area contributed by atoms with Crippen LogP contribution in [0.1, 0.15) is 28.8 Å². The molecule has 2 amide bonds. The van der Waals surface area contributed by atoms with Crippen LogP contribution in [0.2, 0.25) is 0 Å². The number of piperidine rings is 1. The Morgan fingerprint density at radius 2 is 1.68 bits per heavy atom. The van der Waals surface area contributed by atoms with Crippen LogP contribution in [-0.2, 0) is 4.79 Å². The zero-order valence-corrected chi connectivity index (χ0v) is 16.3. The maximum Gasteiger partial charge on any atom is 0.260 e. The summed E-state index contributed by atoms with van der Waals surface area (Å²) >= 11 is 0. The highest BCUT2D eigenvalue weighted by atomic mass is 16.5. The molecule has 2 aromatic carbocycles. The van der Waals surface area contributed by atoms with Gasteiger partial charge in [0.05, 0.1) is 7.11 Å². The Bertz CT molecular complexity index is 829. The summed E-state index contributed by atoms with van der Waals surface area (Å²) in [5.41, 5.74) is 1.66. The Labute approximate surface area is 165 Å². The molecule has 28 heavy (non-hydrogen) atoms. The summed E-state index contributed by atoms with van der Waals surface area (Å²) in [6.45, 7) is 3.11. The topological polar surface area (TPSA) is 67.9 Å². The Kier molecular flexibility index (Phi) is 6.53. The molecule has 1 saturated heterocycles. The number of ether oxygens (including phenoxy) is 2. The van der Waals surface area contributed by atoms with Crippen molar-refractivity contribution in [3.63, 3.8) is 0 Å². The van der Waals surface area contributed by atoms with Crippen molar-refractivity contribution in [2.75, 3.05) is 26.8 Å². The number of likely N-dealkylation sites (tertiary alicyclic amines) is 1. The third-order valence-corrected chi connectivity index (χ3v) is 4.99. The van der Waals surface area contributed by atoms with Crippen molar-refractivity contribution in [1.29, 1.82) is 0 Å². The minimum atomic E-state index is -0.0606. The Morgan fingerprint density at radius 1 is 1.04 bits per heavy atom. The van der Waals surface area contributed by atoms with Crippen molar-refractivity contribution in [2.24, 2.45) is 0 Å². The summed E-state index contributed by atoms with van der Waals surface area (Å²) in [5, 5.41) is 3.08. The lowest BCUT2D eigenvalue weighted by Crippen LogP contribution is -2.47. The molecule has 1 aliphatic heterocycles. The van der Waals surface area contributed by atoms with Crippen molar-refractivity contribution >= 4 is 11.8 Å². The highest BCUT2D eigenvalue weighted by molar-refractivity contribution is 5.95. The molecule has 0 aromatic heterocycles. The van der Waals surface area contributed by atoms with Gasteiger partial charge in [0.2, 0.25) is 0 Å². The number of benzene rings is 2. The molecule has 1 heterocycles. The predicted octanol–water partition coefficient (Wildman–Crippen LogP) is 2.80. The van der Waals surface area contributed by atoms with Gasteiger partial charge in [0.15, 0.2) is 18.1 Å². The summed E-state index contributed by atoms with van der Waals surface area (Å²) in [4.78, 5) is 26.7. The van der Waals surface area contributed by atoms with E-state index < -0.39 is 0 Å². The van der Waals surface area contributed by atoms with Crippen LogP contribution in [0.25, 0.3) is 0 Å². The summed E-state index contributed by atoms with van der Waals surface area (Å²) in [6.07, 6.45) is 1.47. The van der Waals surface area contributed by atoms with Crippen LogP contribution in [0, 0.1) is 6.92 Å². The highest BCUT2D eigenvalue weighted by Crippen LogP contribution is 2.25. The fourth-order valence-corrected chi connectivity index (χ4v) is 3.33. The number of hydrogen-bond donors (Lipinski definition) is 1. The number of nitrogens with one attached hydrogen (secondary N) is 1. The average Bonchev–Trinajstić information content (AvgIpc) is 2.73. The smallest absolute Gasteiger partial charge is 0.260 e. The van der Waals surface area contributed by atoms with E-state index in [1.165, 1.54) is 0 Å². The largest absolute Gasteiger partial charge is 0.493 e. The van der Waals surface area contributed by atoms with Crippen molar-refractivity contribution in [1.82, 2.24) is 10.2 Å². The Balaban J connectivity index is 1.46. The van der Waals surface area contributed by atoms with Crippen LogP contribution in [0.4, 0.5) is 0 Å². The van der Waals surface area contributed by atoms with E-state index >= 15 is 0 Å². The Hall–Kier alpha value is -3.02. The van der Waals surface area contributed by atoms with E-state index in [1.54, 1.807) is 24.1 Å². The predicted molar refractivity (Wildman–Crippen MR) is 107 cm³/mol. The van der Waals surface area contributed by atoms with Gasteiger partial charge >= 0.3 is 0 Å². The second kappa shape index (κ2) is 9.26. The molecule has 0 unspecified atom stereocenters. The molecule has 148 valence electrons. The van der Waals surface area contributed by atoms with Crippen LogP contribution in [0.5, 0.6) is 11.5 Å². The SMILES string of the molecule is COc1ccccc1OCC(=O)N1CCC(NC(=O)c2ccccc2C)CC1. The van der Waals surface area contributed by atoms with Crippen molar-refractivity contribution in [3.8, 4) is 11.5 Å². The number of methoxy groups -OCH3 is 1. The highest BCUT2D eigenvalue weighted by Gasteiger charge is 2.24. The van der Waals surface area contributed by atoms with Crippen molar-refractivity contribution < 1.29 is 19.1 Å². The van der Waals surface area contributed by atoms with Crippen LogP contribution in [0.3, 0.4) is 0 Å². The third-order valence-electron chi connectivity index (χ3n) is 4.99. The van der Waals surface area contributed by atoms with E-state index in [1.807, 2.05) is 43.3 Å². The zero-order chi connectivity index (χ0) is 19.9. The molecular weight excluding hydrogens is 356 g/mol. The van der Waals surface area contributed by atoms with Gasteiger partial charge in [-0.1, -0.05) is 30.3 Å². The van der Waals surface area contributed by atoms with Crippen LogP contribution >= 0.6 is 0 Å². The van der Waals surface area contributed by atoms with E-state index in [0.717, 1.165) is 18.4 Å². The van der Waals surface area contributed by atoms with Crippen molar-refractivity contribution in [2.45, 2.75) is 25.8 Å². The number of aryl methyl sites for hydroxylation is 1. The van der Waals surface area contributed by atoms with Gasteiger partial charge in [0.1, 0.15) is 0 Å². The molecule has 0 aliphatic carbocycles. The molecular formula is C22H26N2O4. The van der Waals surface area contributed by atoms with Crippen LogP contribution in [0.15, 0.2) is 48.5 Å². The van der Waals surface area contributed by atoms with Gasteiger partial charge in [-0.2, -0.15) is 0 Å². The maximum atomic E-state index is 12.4. The average molecular weight is 382 g/mol. The lowest BCUT2D eigenvalue weighted by molar-refractivity contribution is -0.134. The maximum absolute atomic E-state index is 12.4. The number of nitrogens with zero attached hydrogens (tertiary/aromatic N) is 1. The first-order valence-corrected chi connectivity index (χ1v) is 9.48. The van der Waals surface area contributed by atoms with Gasteiger partial charge in [-0.25, -0.2) is 0 Å². The van der Waals surface area contributed by atoms with Gasteiger partial charge in [-0.05, 0) is 43.5 Å². The number of amides is 2. The minimum Gasteiger partial charge on any atom is -0.493 e. The first-order chi connectivity index (χ1) is 13.6. The van der Waals surface area contributed by atoms with Crippen molar-refractivity contribution in [3.05, 3.63) is 59.7 Å². The second-order valence-corrected chi connectivity index (χ2v) is 6.88. The molecule has 0 radical (unpaired) electrons. The van der Waals surface area contributed by atoms with E-state index in [2.05, 4.69) is 5.32 Å². The van der Waals surface area contributed by atoms with Gasteiger partial charge < -0.3 is 19.7 Å². The molecule has 1 aliphatic rings. The fourth-order valence-electron chi connectivity index (χ4n) is 3.33. The second-order valence-electron chi connectivity index (χ2n) is 6.88.